The predicted molar refractivity (Wildman–Crippen MR) is 65.3 cm³/mol. The van der Waals surface area contributed by atoms with Crippen molar-refractivity contribution in [1.82, 2.24) is 0 Å². The molecular formula is C11H16B2O2. The second-order valence-electron chi connectivity index (χ2n) is 5.39. The van der Waals surface area contributed by atoms with Crippen molar-refractivity contribution in [2.45, 2.75) is 32.7 Å². The highest BCUT2D eigenvalue weighted by molar-refractivity contribution is 6.64. The van der Waals surface area contributed by atoms with Crippen LogP contribution in [0, 0.1) is 0 Å². The summed E-state index contributed by atoms with van der Waals surface area (Å²) in [5.41, 5.74) is 3.42. The molecule has 78 valence electrons. The maximum Gasteiger partial charge on any atom is 0.491 e. The van der Waals surface area contributed by atoms with E-state index in [1.165, 1.54) is 11.0 Å². The molecule has 15 heavy (non-hydrogen) atoms. The first-order valence-electron chi connectivity index (χ1n) is 5.38. The number of hydrogen-bond donors (Lipinski definition) is 1. The van der Waals surface area contributed by atoms with Crippen LogP contribution >= 0.6 is 0 Å². The summed E-state index contributed by atoms with van der Waals surface area (Å²) in [5.74, 6) is 0. The average molecular weight is 202 g/mol. The lowest BCUT2D eigenvalue weighted by Gasteiger charge is -2.18. The normalized spacial score (nSPS) is 15.3. The van der Waals surface area contributed by atoms with E-state index in [0.717, 1.165) is 12.7 Å². The fraction of sp³-hybridized carbons (Fsp3) is 0.455. The number of rotatable bonds is 1. The third kappa shape index (κ3) is 2.27. The van der Waals surface area contributed by atoms with Crippen molar-refractivity contribution in [1.29, 1.82) is 0 Å². The summed E-state index contributed by atoms with van der Waals surface area (Å²) in [6, 6.07) is 6.07. The van der Waals surface area contributed by atoms with Gasteiger partial charge in [-0.2, -0.15) is 0 Å². The minimum Gasteiger partial charge on any atom is -0.423 e. The maximum absolute atomic E-state index is 9.58. The van der Waals surface area contributed by atoms with Gasteiger partial charge in [0, 0.05) is 0 Å². The molecule has 0 unspecified atom stereocenters. The molecule has 1 heterocycles. The Morgan fingerprint density at radius 2 is 2.13 bits per heavy atom. The Labute approximate surface area is 92.0 Å². The lowest BCUT2D eigenvalue weighted by molar-refractivity contribution is 0.276. The van der Waals surface area contributed by atoms with Crippen molar-refractivity contribution >= 4 is 25.3 Å². The highest BCUT2D eigenvalue weighted by Crippen LogP contribution is 2.20. The smallest absolute Gasteiger partial charge is 0.423 e. The maximum atomic E-state index is 9.58. The van der Waals surface area contributed by atoms with Crippen molar-refractivity contribution in [2.75, 3.05) is 0 Å². The van der Waals surface area contributed by atoms with Crippen molar-refractivity contribution in [3.8, 4) is 0 Å². The Morgan fingerprint density at radius 3 is 2.80 bits per heavy atom. The van der Waals surface area contributed by atoms with E-state index >= 15 is 0 Å². The van der Waals surface area contributed by atoms with E-state index in [1.807, 2.05) is 12.1 Å². The van der Waals surface area contributed by atoms with Gasteiger partial charge in [-0.15, -0.1) is 0 Å². The van der Waals surface area contributed by atoms with Crippen LogP contribution in [0.2, 0.25) is 5.31 Å². The second-order valence-corrected chi connectivity index (χ2v) is 5.39. The molecule has 0 saturated carbocycles. The molecule has 0 atom stereocenters. The summed E-state index contributed by atoms with van der Waals surface area (Å²) in [6.45, 7) is 7.21. The Morgan fingerprint density at radius 1 is 1.40 bits per heavy atom. The van der Waals surface area contributed by atoms with E-state index in [4.69, 9.17) is 4.65 Å². The van der Waals surface area contributed by atoms with Crippen LogP contribution in [0.25, 0.3) is 0 Å². The molecule has 0 spiro atoms. The largest absolute Gasteiger partial charge is 0.491 e. The summed E-state index contributed by atoms with van der Waals surface area (Å²) < 4.78 is 5.23. The topological polar surface area (TPSA) is 29.5 Å². The molecule has 0 saturated heterocycles. The fourth-order valence-corrected chi connectivity index (χ4v) is 2.05. The average Bonchev–Trinajstić information content (AvgIpc) is 2.47. The van der Waals surface area contributed by atoms with Gasteiger partial charge in [0.25, 0.3) is 0 Å². The van der Waals surface area contributed by atoms with E-state index in [1.54, 1.807) is 0 Å². The van der Waals surface area contributed by atoms with E-state index in [2.05, 4.69) is 26.8 Å². The Hall–Kier alpha value is -0.730. The van der Waals surface area contributed by atoms with Gasteiger partial charge in [0.1, 0.15) is 0 Å². The van der Waals surface area contributed by atoms with Crippen LogP contribution in [-0.2, 0) is 11.3 Å². The molecule has 1 aliphatic heterocycles. The molecular weight excluding hydrogens is 186 g/mol. The van der Waals surface area contributed by atoms with Gasteiger partial charge in [-0.05, 0) is 11.0 Å². The highest BCUT2D eigenvalue weighted by atomic mass is 16.5. The number of benzene rings is 1. The van der Waals surface area contributed by atoms with Crippen LogP contribution in [0.1, 0.15) is 26.3 Å². The van der Waals surface area contributed by atoms with E-state index in [9.17, 15) is 5.02 Å². The molecule has 2 nitrogen and oxygen atoms in total. The molecule has 1 aromatic rings. The molecule has 2 rings (SSSR count). The summed E-state index contributed by atoms with van der Waals surface area (Å²) in [6.07, 6.45) is 0. The Balaban J connectivity index is 2.34. The zero-order valence-corrected chi connectivity index (χ0v) is 9.58. The van der Waals surface area contributed by atoms with Crippen LogP contribution in [0.3, 0.4) is 0 Å². The molecule has 1 aliphatic rings. The van der Waals surface area contributed by atoms with Gasteiger partial charge in [-0.1, -0.05) is 49.7 Å². The Kier molecular flexibility index (Phi) is 2.65. The predicted octanol–water partition coefficient (Wildman–Crippen LogP) is 0.184. The summed E-state index contributed by atoms with van der Waals surface area (Å²) in [7, 11) is 0.298. The monoisotopic (exact) mass is 202 g/mol. The van der Waals surface area contributed by atoms with Gasteiger partial charge in [0.05, 0.1) is 6.61 Å². The van der Waals surface area contributed by atoms with E-state index in [0.29, 0.717) is 6.61 Å². The van der Waals surface area contributed by atoms with Crippen molar-refractivity contribution in [3.05, 3.63) is 23.8 Å². The van der Waals surface area contributed by atoms with Crippen LogP contribution in [0.4, 0.5) is 0 Å². The van der Waals surface area contributed by atoms with Crippen molar-refractivity contribution in [3.63, 3.8) is 0 Å². The molecule has 0 amide bonds. The first-order valence-corrected chi connectivity index (χ1v) is 5.38. The van der Waals surface area contributed by atoms with Gasteiger partial charge >= 0.3 is 7.12 Å². The lowest BCUT2D eigenvalue weighted by Crippen LogP contribution is -2.34. The minimum atomic E-state index is -0.722. The summed E-state index contributed by atoms with van der Waals surface area (Å²) >= 11 is 0. The van der Waals surface area contributed by atoms with Crippen molar-refractivity contribution in [2.24, 2.45) is 0 Å². The molecule has 1 N–H and O–H groups in total. The van der Waals surface area contributed by atoms with Crippen LogP contribution in [0.5, 0.6) is 0 Å². The first-order chi connectivity index (χ1) is 6.97. The van der Waals surface area contributed by atoms with Gasteiger partial charge in [-0.25, -0.2) is 0 Å². The lowest BCUT2D eigenvalue weighted by atomic mass is 9.50. The molecule has 0 aliphatic carbocycles. The van der Waals surface area contributed by atoms with Crippen LogP contribution in [-0.4, -0.2) is 19.4 Å². The number of fused-ring (bicyclic) bond motifs is 1. The summed E-state index contributed by atoms with van der Waals surface area (Å²) in [4.78, 5) is 0. The van der Waals surface area contributed by atoms with Gasteiger partial charge in [-0.3, -0.25) is 0 Å². The quantitative estimate of drug-likeness (QED) is 0.658. The number of hydrogen-bond acceptors (Lipinski definition) is 2. The third-order valence-corrected chi connectivity index (χ3v) is 2.68. The molecule has 0 aromatic heterocycles. The van der Waals surface area contributed by atoms with Gasteiger partial charge in [0.15, 0.2) is 7.28 Å². The second kappa shape index (κ2) is 3.69. The summed E-state index contributed by atoms with van der Waals surface area (Å²) in [5, 5.41) is 9.85. The van der Waals surface area contributed by atoms with Gasteiger partial charge < -0.3 is 9.68 Å². The molecule has 0 fully saturated rings. The SMILES string of the molecule is CC(C)(C)Bc1cccc2c1COB2O. The van der Waals surface area contributed by atoms with E-state index in [-0.39, 0.29) is 5.31 Å². The van der Waals surface area contributed by atoms with Crippen LogP contribution in [0.15, 0.2) is 18.2 Å². The zero-order chi connectivity index (χ0) is 11.1. The van der Waals surface area contributed by atoms with Crippen molar-refractivity contribution < 1.29 is 9.68 Å². The minimum absolute atomic E-state index is 0.267. The van der Waals surface area contributed by atoms with Crippen LogP contribution < -0.4 is 10.9 Å². The van der Waals surface area contributed by atoms with E-state index < -0.39 is 7.12 Å². The zero-order valence-electron chi connectivity index (χ0n) is 9.58. The molecule has 4 heteroatoms. The standard InChI is InChI=1S/C11H16B2O2/c1-11(2,3)12-9-5-4-6-10-8(9)7-15-13(10)14/h4-6,12,14H,7H2,1-3H3. The fourth-order valence-electron chi connectivity index (χ4n) is 2.05. The first kappa shape index (κ1) is 10.8. The Bertz CT molecular complexity index is 371. The highest BCUT2D eigenvalue weighted by Gasteiger charge is 2.29. The van der Waals surface area contributed by atoms with Gasteiger partial charge in [0.2, 0.25) is 0 Å². The molecule has 0 radical (unpaired) electrons. The molecule has 0 bridgehead atoms. The molecule has 1 aromatic carbocycles. The third-order valence-electron chi connectivity index (χ3n) is 2.68.